The second-order valence-electron chi connectivity index (χ2n) is 4.20. The first-order chi connectivity index (χ1) is 9.74. The fraction of sp³-hybridized carbons (Fsp3) is 0.167. The minimum atomic E-state index is -3.64. The summed E-state index contributed by atoms with van der Waals surface area (Å²) < 4.78 is 52.2. The molecular weight excluding hydrogens is 332 g/mol. The maximum atomic E-state index is 12.1. The molecule has 0 saturated heterocycles. The van der Waals surface area contributed by atoms with Crippen LogP contribution in [0.25, 0.3) is 0 Å². The van der Waals surface area contributed by atoms with Gasteiger partial charge in [-0.25, -0.2) is 21.6 Å². The van der Waals surface area contributed by atoms with Crippen molar-refractivity contribution in [2.75, 3.05) is 11.8 Å². The van der Waals surface area contributed by atoms with Crippen LogP contribution in [-0.4, -0.2) is 23.9 Å². The lowest BCUT2D eigenvalue weighted by Gasteiger charge is -2.07. The molecule has 1 heterocycles. The lowest BCUT2D eigenvalue weighted by atomic mass is 10.3. The Bertz CT molecular complexity index is 837. The van der Waals surface area contributed by atoms with Crippen molar-refractivity contribution in [3.05, 3.63) is 41.3 Å². The van der Waals surface area contributed by atoms with Gasteiger partial charge in [0.2, 0.25) is 10.0 Å². The molecule has 21 heavy (non-hydrogen) atoms. The molecule has 0 saturated carbocycles. The lowest BCUT2D eigenvalue weighted by Crippen LogP contribution is -2.18. The molecule has 0 bridgehead atoms. The molecule has 1 aromatic carbocycles. The molecule has 0 fully saturated rings. The van der Waals surface area contributed by atoms with Crippen molar-refractivity contribution in [2.45, 2.75) is 16.0 Å². The fourth-order valence-electron chi connectivity index (χ4n) is 1.58. The van der Waals surface area contributed by atoms with Gasteiger partial charge in [0, 0.05) is 10.6 Å². The quantitative estimate of drug-likeness (QED) is 0.863. The van der Waals surface area contributed by atoms with Gasteiger partial charge in [0.15, 0.2) is 0 Å². The number of aryl methyl sites for hydroxylation is 1. The molecule has 0 unspecified atom stereocenters. The zero-order valence-corrected chi connectivity index (χ0v) is 13.8. The van der Waals surface area contributed by atoms with Gasteiger partial charge < -0.3 is 0 Å². The molecule has 0 amide bonds. The lowest BCUT2D eigenvalue weighted by molar-refractivity contribution is 0.588. The molecule has 9 heteroatoms. The van der Waals surface area contributed by atoms with Gasteiger partial charge in [0.25, 0.3) is 10.0 Å². The third kappa shape index (κ3) is 3.62. The van der Waals surface area contributed by atoms with E-state index < -0.39 is 20.0 Å². The summed E-state index contributed by atoms with van der Waals surface area (Å²) in [5.74, 6) is 0. The van der Waals surface area contributed by atoms with E-state index in [2.05, 4.69) is 9.44 Å². The van der Waals surface area contributed by atoms with Crippen LogP contribution in [-0.2, 0) is 20.0 Å². The molecular formula is C12H14N2O4S3. The van der Waals surface area contributed by atoms with E-state index >= 15 is 0 Å². The van der Waals surface area contributed by atoms with E-state index in [1.54, 1.807) is 6.07 Å². The number of hydrogen-bond donors (Lipinski definition) is 2. The van der Waals surface area contributed by atoms with E-state index in [4.69, 9.17) is 0 Å². The molecule has 0 radical (unpaired) electrons. The SMILES string of the molecule is CNS(=O)(=O)c1ccc(NS(=O)(=O)c2ccc(C)s2)cc1. The second kappa shape index (κ2) is 5.76. The molecule has 0 atom stereocenters. The minimum absolute atomic E-state index is 0.0694. The Morgan fingerprint density at radius 2 is 1.52 bits per heavy atom. The van der Waals surface area contributed by atoms with E-state index in [1.165, 1.54) is 48.7 Å². The number of rotatable bonds is 5. The molecule has 2 N–H and O–H groups in total. The van der Waals surface area contributed by atoms with E-state index in [1.807, 2.05) is 6.92 Å². The smallest absolute Gasteiger partial charge is 0.271 e. The normalized spacial score (nSPS) is 12.3. The summed E-state index contributed by atoms with van der Waals surface area (Å²) in [6.45, 7) is 1.82. The first-order valence-corrected chi connectivity index (χ1v) is 9.66. The topological polar surface area (TPSA) is 92.3 Å². The van der Waals surface area contributed by atoms with Crippen LogP contribution in [0.15, 0.2) is 45.5 Å². The van der Waals surface area contributed by atoms with Crippen molar-refractivity contribution < 1.29 is 16.8 Å². The van der Waals surface area contributed by atoms with Crippen molar-refractivity contribution in [2.24, 2.45) is 0 Å². The number of benzene rings is 1. The Hall–Kier alpha value is -1.42. The average Bonchev–Trinajstić information content (AvgIpc) is 2.86. The Morgan fingerprint density at radius 1 is 0.905 bits per heavy atom. The molecule has 114 valence electrons. The molecule has 0 aliphatic rings. The van der Waals surface area contributed by atoms with Crippen LogP contribution >= 0.6 is 11.3 Å². The number of nitrogens with one attached hydrogen (secondary N) is 2. The number of hydrogen-bond acceptors (Lipinski definition) is 5. The zero-order chi connectivity index (χ0) is 15.7. The standard InChI is InChI=1S/C12H14N2O4S3/c1-9-3-8-12(19-9)21(17,18)14-10-4-6-11(7-5-10)20(15,16)13-2/h3-8,13-14H,1-2H3. The predicted molar refractivity (Wildman–Crippen MR) is 82.6 cm³/mol. The molecule has 2 aromatic rings. The number of anilines is 1. The summed E-state index contributed by atoms with van der Waals surface area (Å²) in [6.07, 6.45) is 0. The van der Waals surface area contributed by atoms with Crippen LogP contribution in [0.3, 0.4) is 0 Å². The molecule has 1 aromatic heterocycles. The van der Waals surface area contributed by atoms with E-state index in [9.17, 15) is 16.8 Å². The van der Waals surface area contributed by atoms with Crippen molar-refractivity contribution in [1.82, 2.24) is 4.72 Å². The van der Waals surface area contributed by atoms with E-state index in [-0.39, 0.29) is 9.10 Å². The highest BCUT2D eigenvalue weighted by molar-refractivity contribution is 7.94. The van der Waals surface area contributed by atoms with Crippen LogP contribution < -0.4 is 9.44 Å². The highest BCUT2D eigenvalue weighted by Crippen LogP contribution is 2.23. The monoisotopic (exact) mass is 346 g/mol. The highest BCUT2D eigenvalue weighted by Gasteiger charge is 2.17. The third-order valence-corrected chi connectivity index (χ3v) is 6.97. The summed E-state index contributed by atoms with van der Waals surface area (Å²) in [4.78, 5) is 0.964. The van der Waals surface area contributed by atoms with Crippen molar-refractivity contribution >= 4 is 37.1 Å². The maximum Gasteiger partial charge on any atom is 0.271 e. The highest BCUT2D eigenvalue weighted by atomic mass is 32.2. The summed E-state index contributed by atoms with van der Waals surface area (Å²) in [6, 6.07) is 8.74. The van der Waals surface area contributed by atoms with Gasteiger partial charge >= 0.3 is 0 Å². The Balaban J connectivity index is 2.25. The van der Waals surface area contributed by atoms with Gasteiger partial charge in [0.1, 0.15) is 4.21 Å². The second-order valence-corrected chi connectivity index (χ2v) is 9.29. The fourth-order valence-corrected chi connectivity index (χ4v) is 4.65. The van der Waals surface area contributed by atoms with Gasteiger partial charge in [-0.05, 0) is 50.4 Å². The van der Waals surface area contributed by atoms with Crippen LogP contribution in [0.5, 0.6) is 0 Å². The van der Waals surface area contributed by atoms with Crippen molar-refractivity contribution in [1.29, 1.82) is 0 Å². The van der Waals surface area contributed by atoms with E-state index in [0.717, 1.165) is 4.88 Å². The largest absolute Gasteiger partial charge is 0.279 e. The van der Waals surface area contributed by atoms with Crippen LogP contribution in [0.2, 0.25) is 0 Å². The van der Waals surface area contributed by atoms with E-state index in [0.29, 0.717) is 5.69 Å². The summed E-state index contributed by atoms with van der Waals surface area (Å²) in [7, 11) is -5.86. The van der Waals surface area contributed by atoms with Crippen molar-refractivity contribution in [3.8, 4) is 0 Å². The van der Waals surface area contributed by atoms with Crippen LogP contribution in [0, 0.1) is 6.92 Å². The summed E-state index contributed by atoms with van der Waals surface area (Å²) in [5, 5.41) is 0. The molecule has 2 rings (SSSR count). The Morgan fingerprint density at radius 3 is 2.00 bits per heavy atom. The van der Waals surface area contributed by atoms with Crippen molar-refractivity contribution in [3.63, 3.8) is 0 Å². The van der Waals surface area contributed by atoms with Crippen LogP contribution in [0.1, 0.15) is 4.88 Å². The first kappa shape index (κ1) is 16.0. The zero-order valence-electron chi connectivity index (χ0n) is 11.3. The van der Waals surface area contributed by atoms with Gasteiger partial charge in [0.05, 0.1) is 4.90 Å². The molecule has 6 nitrogen and oxygen atoms in total. The number of thiophene rings is 1. The maximum absolute atomic E-state index is 12.1. The van der Waals surface area contributed by atoms with Gasteiger partial charge in [-0.2, -0.15) is 0 Å². The molecule has 0 aliphatic heterocycles. The summed E-state index contributed by atoms with van der Waals surface area (Å²) >= 11 is 1.17. The average molecular weight is 346 g/mol. The first-order valence-electron chi connectivity index (χ1n) is 5.87. The third-order valence-electron chi connectivity index (χ3n) is 2.67. The predicted octanol–water partition coefficient (Wildman–Crippen LogP) is 1.77. The minimum Gasteiger partial charge on any atom is -0.279 e. The Kier molecular flexibility index (Phi) is 4.38. The van der Waals surface area contributed by atoms with Gasteiger partial charge in [-0.15, -0.1) is 11.3 Å². The number of sulfonamides is 2. The van der Waals surface area contributed by atoms with Gasteiger partial charge in [-0.3, -0.25) is 4.72 Å². The summed E-state index contributed by atoms with van der Waals surface area (Å²) in [5.41, 5.74) is 0.302. The molecule has 0 spiro atoms. The van der Waals surface area contributed by atoms with Gasteiger partial charge in [-0.1, -0.05) is 0 Å². The van der Waals surface area contributed by atoms with Crippen LogP contribution in [0.4, 0.5) is 5.69 Å². The molecule has 0 aliphatic carbocycles. The Labute approximate surface area is 127 Å².